The monoisotopic (exact) mass is 337 g/mol. The van der Waals surface area contributed by atoms with Gasteiger partial charge in [-0.15, -0.1) is 0 Å². The molecule has 1 unspecified atom stereocenters. The fraction of sp³-hybridized carbons (Fsp3) is 0.353. The Morgan fingerprint density at radius 2 is 2.08 bits per heavy atom. The Morgan fingerprint density at radius 3 is 2.88 bits per heavy atom. The van der Waals surface area contributed by atoms with Crippen molar-refractivity contribution in [2.45, 2.75) is 32.4 Å². The molecular weight excluding hydrogens is 318 g/mol. The SMILES string of the molecule is Cc1nccnc1N1CCCC1Cn1nc(-n2ccnc2)ccc1=O. The molecule has 128 valence electrons. The van der Waals surface area contributed by atoms with Gasteiger partial charge in [0.05, 0.1) is 18.3 Å². The van der Waals surface area contributed by atoms with Crippen molar-refractivity contribution in [2.75, 3.05) is 11.4 Å². The van der Waals surface area contributed by atoms with Crippen molar-refractivity contribution >= 4 is 5.82 Å². The molecule has 8 nitrogen and oxygen atoms in total. The van der Waals surface area contributed by atoms with Crippen LogP contribution in [-0.2, 0) is 6.54 Å². The summed E-state index contributed by atoms with van der Waals surface area (Å²) in [4.78, 5) is 27.3. The van der Waals surface area contributed by atoms with E-state index in [1.54, 1.807) is 41.6 Å². The van der Waals surface area contributed by atoms with Gasteiger partial charge in [-0.2, -0.15) is 5.10 Å². The van der Waals surface area contributed by atoms with Crippen LogP contribution >= 0.6 is 0 Å². The summed E-state index contributed by atoms with van der Waals surface area (Å²) in [6.07, 6.45) is 10.6. The van der Waals surface area contributed by atoms with Gasteiger partial charge in [-0.3, -0.25) is 14.3 Å². The van der Waals surface area contributed by atoms with Crippen LogP contribution in [0.5, 0.6) is 0 Å². The zero-order chi connectivity index (χ0) is 17.2. The van der Waals surface area contributed by atoms with Gasteiger partial charge in [0.25, 0.3) is 5.56 Å². The van der Waals surface area contributed by atoms with Crippen molar-refractivity contribution in [3.05, 3.63) is 59.3 Å². The van der Waals surface area contributed by atoms with Crippen molar-refractivity contribution in [3.63, 3.8) is 0 Å². The fourth-order valence-electron chi connectivity index (χ4n) is 3.29. The molecule has 8 heteroatoms. The summed E-state index contributed by atoms with van der Waals surface area (Å²) in [6, 6.07) is 3.44. The lowest BCUT2D eigenvalue weighted by Gasteiger charge is -2.26. The highest BCUT2D eigenvalue weighted by atomic mass is 16.1. The predicted octanol–water partition coefficient (Wildman–Crippen LogP) is 1.20. The molecule has 0 aliphatic carbocycles. The molecule has 0 spiro atoms. The molecule has 1 saturated heterocycles. The number of aromatic nitrogens is 6. The highest BCUT2D eigenvalue weighted by Gasteiger charge is 2.28. The van der Waals surface area contributed by atoms with Crippen LogP contribution in [0, 0.1) is 6.92 Å². The molecule has 4 rings (SSSR count). The maximum absolute atomic E-state index is 12.3. The maximum atomic E-state index is 12.3. The zero-order valence-electron chi connectivity index (χ0n) is 14.0. The van der Waals surface area contributed by atoms with Gasteiger partial charge in [-0.05, 0) is 25.8 Å². The molecule has 0 bridgehead atoms. The highest BCUT2D eigenvalue weighted by Crippen LogP contribution is 2.26. The van der Waals surface area contributed by atoms with E-state index in [1.165, 1.54) is 4.68 Å². The van der Waals surface area contributed by atoms with Crippen LogP contribution in [0.3, 0.4) is 0 Å². The van der Waals surface area contributed by atoms with Gasteiger partial charge in [0, 0.05) is 37.4 Å². The molecule has 1 aliphatic heterocycles. The second-order valence-electron chi connectivity index (χ2n) is 6.14. The topological polar surface area (TPSA) is 81.7 Å². The number of hydrogen-bond donors (Lipinski definition) is 0. The van der Waals surface area contributed by atoms with E-state index in [2.05, 4.69) is 25.0 Å². The molecule has 0 saturated carbocycles. The Labute approximate surface area is 144 Å². The van der Waals surface area contributed by atoms with E-state index in [-0.39, 0.29) is 11.6 Å². The first-order valence-corrected chi connectivity index (χ1v) is 8.33. The minimum Gasteiger partial charge on any atom is -0.350 e. The average Bonchev–Trinajstić information content (AvgIpc) is 3.29. The normalized spacial score (nSPS) is 17.2. The number of rotatable bonds is 4. The largest absolute Gasteiger partial charge is 0.350 e. The summed E-state index contributed by atoms with van der Waals surface area (Å²) in [5, 5.41) is 4.49. The van der Waals surface area contributed by atoms with Crippen molar-refractivity contribution in [1.29, 1.82) is 0 Å². The van der Waals surface area contributed by atoms with E-state index in [0.29, 0.717) is 12.4 Å². The molecule has 3 aromatic heterocycles. The highest BCUT2D eigenvalue weighted by molar-refractivity contribution is 5.44. The number of anilines is 1. The first-order chi connectivity index (χ1) is 12.2. The van der Waals surface area contributed by atoms with E-state index in [9.17, 15) is 4.79 Å². The minimum absolute atomic E-state index is 0.105. The first-order valence-electron chi connectivity index (χ1n) is 8.33. The van der Waals surface area contributed by atoms with Gasteiger partial charge in [-0.1, -0.05) is 0 Å². The third-order valence-electron chi connectivity index (χ3n) is 4.51. The minimum atomic E-state index is -0.105. The molecule has 4 heterocycles. The van der Waals surface area contributed by atoms with Crippen molar-refractivity contribution in [2.24, 2.45) is 0 Å². The molecule has 0 aromatic carbocycles. The van der Waals surface area contributed by atoms with E-state index >= 15 is 0 Å². The van der Waals surface area contributed by atoms with Crippen LogP contribution in [0.4, 0.5) is 5.82 Å². The molecule has 3 aromatic rings. The first kappa shape index (κ1) is 15.5. The lowest BCUT2D eigenvalue weighted by molar-refractivity contribution is 0.483. The summed E-state index contributed by atoms with van der Waals surface area (Å²) >= 11 is 0. The molecule has 1 aliphatic rings. The van der Waals surface area contributed by atoms with E-state index < -0.39 is 0 Å². The van der Waals surface area contributed by atoms with Crippen molar-refractivity contribution in [1.82, 2.24) is 29.3 Å². The third-order valence-corrected chi connectivity index (χ3v) is 4.51. The van der Waals surface area contributed by atoms with Crippen LogP contribution in [0.15, 0.2) is 48.0 Å². The molecule has 0 N–H and O–H groups in total. The maximum Gasteiger partial charge on any atom is 0.266 e. The van der Waals surface area contributed by atoms with Gasteiger partial charge < -0.3 is 4.90 Å². The smallest absolute Gasteiger partial charge is 0.266 e. The lowest BCUT2D eigenvalue weighted by atomic mass is 10.2. The Bertz CT molecular complexity index is 919. The Kier molecular flexibility index (Phi) is 4.01. The van der Waals surface area contributed by atoms with E-state index in [4.69, 9.17) is 0 Å². The van der Waals surface area contributed by atoms with Crippen LogP contribution in [-0.4, -0.2) is 41.9 Å². The summed E-state index contributed by atoms with van der Waals surface area (Å²) in [6.45, 7) is 3.40. The second-order valence-corrected chi connectivity index (χ2v) is 6.14. The van der Waals surface area contributed by atoms with Crippen molar-refractivity contribution in [3.8, 4) is 5.82 Å². The fourth-order valence-corrected chi connectivity index (χ4v) is 3.29. The molecule has 1 fully saturated rings. The summed E-state index contributed by atoms with van der Waals surface area (Å²) in [5.41, 5.74) is 0.799. The van der Waals surface area contributed by atoms with Gasteiger partial charge in [-0.25, -0.2) is 14.6 Å². The Morgan fingerprint density at radius 1 is 1.20 bits per heavy atom. The molecular formula is C17H19N7O. The van der Waals surface area contributed by atoms with Gasteiger partial charge in [0.1, 0.15) is 12.1 Å². The molecule has 1 atom stereocenters. The quantitative estimate of drug-likeness (QED) is 0.711. The number of aryl methyl sites for hydroxylation is 1. The summed E-state index contributed by atoms with van der Waals surface area (Å²) in [7, 11) is 0. The van der Waals surface area contributed by atoms with Gasteiger partial charge in [0.2, 0.25) is 0 Å². The molecule has 25 heavy (non-hydrogen) atoms. The molecule has 0 radical (unpaired) electrons. The summed E-state index contributed by atoms with van der Waals surface area (Å²) < 4.78 is 3.32. The standard InChI is InChI=1S/C17H19N7O/c1-13-17(20-7-6-19-13)23-9-2-3-14(23)11-24-16(25)5-4-15(21-24)22-10-8-18-12-22/h4-8,10,12,14H,2-3,9,11H2,1H3. The van der Waals surface area contributed by atoms with Gasteiger partial charge in [0.15, 0.2) is 5.82 Å². The number of imidazole rings is 1. The second kappa shape index (κ2) is 6.46. The Hall–Kier alpha value is -3.03. The average molecular weight is 337 g/mol. The van der Waals surface area contributed by atoms with Crippen molar-refractivity contribution < 1.29 is 0 Å². The van der Waals surface area contributed by atoms with Crippen LogP contribution in [0.1, 0.15) is 18.5 Å². The summed E-state index contributed by atoms with van der Waals surface area (Å²) in [5.74, 6) is 1.57. The Balaban J connectivity index is 1.62. The number of hydrogen-bond acceptors (Lipinski definition) is 6. The van der Waals surface area contributed by atoms with E-state index in [0.717, 1.165) is 30.9 Å². The third kappa shape index (κ3) is 3.02. The van der Waals surface area contributed by atoms with E-state index in [1.807, 2.05) is 13.1 Å². The van der Waals surface area contributed by atoms with Crippen LogP contribution in [0.2, 0.25) is 0 Å². The van der Waals surface area contributed by atoms with Crippen LogP contribution in [0.25, 0.3) is 5.82 Å². The van der Waals surface area contributed by atoms with Gasteiger partial charge >= 0.3 is 0 Å². The number of nitrogens with zero attached hydrogens (tertiary/aromatic N) is 7. The molecule has 0 amide bonds. The zero-order valence-corrected chi connectivity index (χ0v) is 14.0. The van der Waals surface area contributed by atoms with Crippen LogP contribution < -0.4 is 10.5 Å². The lowest BCUT2D eigenvalue weighted by Crippen LogP contribution is -2.38. The predicted molar refractivity (Wildman–Crippen MR) is 92.8 cm³/mol.